The monoisotopic (exact) mass is 357 g/mol. The average molecular weight is 358 g/mol. The van der Waals surface area contributed by atoms with Gasteiger partial charge in [0.05, 0.1) is 22.9 Å². The Morgan fingerprint density at radius 2 is 1.80 bits per heavy atom. The van der Waals surface area contributed by atoms with Crippen LogP contribution in [0, 0.1) is 0 Å². The van der Waals surface area contributed by atoms with Crippen molar-refractivity contribution in [3.8, 4) is 0 Å². The molecule has 0 unspecified atom stereocenters. The normalized spacial score (nSPS) is 11.1. The summed E-state index contributed by atoms with van der Waals surface area (Å²) in [5.74, 6) is -1.06. The molecule has 1 aromatic heterocycles. The van der Waals surface area contributed by atoms with E-state index in [2.05, 4.69) is 30.6 Å². The predicted molar refractivity (Wildman–Crippen MR) is 73.9 cm³/mol. The van der Waals surface area contributed by atoms with Crippen molar-refractivity contribution in [1.29, 1.82) is 0 Å². The Hall–Kier alpha value is -2.00. The molecule has 0 atom stereocenters. The first-order valence-corrected chi connectivity index (χ1v) is 7.50. The molecule has 0 aliphatic carbocycles. The second kappa shape index (κ2) is 5.55. The number of halogens is 1. The first-order valence-electron chi connectivity index (χ1n) is 5.22. The maximum absolute atomic E-state index is 12.0. The number of benzene rings is 1. The molecule has 0 fully saturated rings. The highest BCUT2D eigenvalue weighted by Gasteiger charge is 2.15. The molecule has 0 radical (unpaired) electrons. The molecule has 2 N–H and O–H groups in total. The standard InChI is InChI=1S/C11H8BrN3O4S/c12-9-5-14-10(6-13-9)15-20(18,19)8-3-1-7(2-4-8)11(16)17/h1-6H,(H,14,15)(H,16,17). The number of carboxylic acid groups (broad SMARTS) is 1. The van der Waals surface area contributed by atoms with Gasteiger partial charge in [0.25, 0.3) is 10.0 Å². The van der Waals surface area contributed by atoms with Crippen molar-refractivity contribution in [2.75, 3.05) is 4.72 Å². The smallest absolute Gasteiger partial charge is 0.335 e. The van der Waals surface area contributed by atoms with Crippen LogP contribution in [-0.4, -0.2) is 29.5 Å². The van der Waals surface area contributed by atoms with Crippen molar-refractivity contribution in [1.82, 2.24) is 9.97 Å². The Balaban J connectivity index is 2.26. The molecular formula is C11H8BrN3O4S. The van der Waals surface area contributed by atoms with Crippen LogP contribution < -0.4 is 4.72 Å². The molecular weight excluding hydrogens is 350 g/mol. The van der Waals surface area contributed by atoms with Gasteiger partial charge in [-0.15, -0.1) is 0 Å². The third-order valence-corrected chi connectivity index (χ3v) is 4.05. The van der Waals surface area contributed by atoms with Gasteiger partial charge in [-0.2, -0.15) is 0 Å². The molecule has 20 heavy (non-hydrogen) atoms. The summed E-state index contributed by atoms with van der Waals surface area (Å²) in [6, 6.07) is 4.84. The molecule has 0 aliphatic heterocycles. The molecule has 1 aromatic carbocycles. The van der Waals surface area contributed by atoms with Gasteiger partial charge in [-0.1, -0.05) is 0 Å². The van der Waals surface area contributed by atoms with Crippen molar-refractivity contribution in [3.05, 3.63) is 46.8 Å². The number of nitrogens with one attached hydrogen (secondary N) is 1. The van der Waals surface area contributed by atoms with E-state index in [1.807, 2.05) is 0 Å². The van der Waals surface area contributed by atoms with Gasteiger partial charge >= 0.3 is 5.97 Å². The number of nitrogens with zero attached hydrogens (tertiary/aromatic N) is 2. The first kappa shape index (κ1) is 14.4. The zero-order chi connectivity index (χ0) is 14.8. The van der Waals surface area contributed by atoms with E-state index in [-0.39, 0.29) is 16.3 Å². The van der Waals surface area contributed by atoms with Crippen LogP contribution in [0.25, 0.3) is 0 Å². The zero-order valence-corrected chi connectivity index (χ0v) is 12.2. The Morgan fingerprint density at radius 3 is 2.30 bits per heavy atom. The molecule has 9 heteroatoms. The summed E-state index contributed by atoms with van der Waals surface area (Å²) in [5.41, 5.74) is 0.00684. The van der Waals surface area contributed by atoms with Crippen molar-refractivity contribution < 1.29 is 18.3 Å². The average Bonchev–Trinajstić information content (AvgIpc) is 2.41. The number of carbonyl (C=O) groups is 1. The molecule has 0 spiro atoms. The van der Waals surface area contributed by atoms with E-state index in [9.17, 15) is 13.2 Å². The lowest BCUT2D eigenvalue weighted by Crippen LogP contribution is -2.14. The highest BCUT2D eigenvalue weighted by atomic mass is 79.9. The summed E-state index contributed by atoms with van der Waals surface area (Å²) < 4.78 is 26.8. The van der Waals surface area contributed by atoms with Gasteiger partial charge in [0.2, 0.25) is 0 Å². The van der Waals surface area contributed by atoms with Gasteiger partial charge in [-0.3, -0.25) is 4.72 Å². The number of hydrogen-bond donors (Lipinski definition) is 2. The van der Waals surface area contributed by atoms with Crippen LogP contribution in [-0.2, 0) is 10.0 Å². The lowest BCUT2D eigenvalue weighted by molar-refractivity contribution is 0.0697. The number of rotatable bonds is 4. The second-order valence-corrected chi connectivity index (χ2v) is 6.15. The van der Waals surface area contributed by atoms with Crippen molar-refractivity contribution in [2.24, 2.45) is 0 Å². The number of aromatic carboxylic acids is 1. The van der Waals surface area contributed by atoms with E-state index in [0.717, 1.165) is 0 Å². The lowest BCUT2D eigenvalue weighted by Gasteiger charge is -2.07. The van der Waals surface area contributed by atoms with Crippen LogP contribution >= 0.6 is 15.9 Å². The summed E-state index contributed by atoms with van der Waals surface area (Å²) in [5, 5.41) is 8.75. The molecule has 0 saturated carbocycles. The summed E-state index contributed by atoms with van der Waals surface area (Å²) in [7, 11) is -3.83. The third-order valence-electron chi connectivity index (χ3n) is 2.27. The summed E-state index contributed by atoms with van der Waals surface area (Å²) >= 11 is 3.09. The van der Waals surface area contributed by atoms with Gasteiger partial charge in [0, 0.05) is 0 Å². The van der Waals surface area contributed by atoms with Gasteiger partial charge < -0.3 is 5.11 Å². The molecule has 0 amide bonds. The fourth-order valence-electron chi connectivity index (χ4n) is 1.34. The maximum atomic E-state index is 12.0. The van der Waals surface area contributed by atoms with Crippen LogP contribution in [0.1, 0.15) is 10.4 Å². The van der Waals surface area contributed by atoms with E-state index >= 15 is 0 Å². The van der Waals surface area contributed by atoms with Gasteiger partial charge in [0.15, 0.2) is 5.82 Å². The number of hydrogen-bond acceptors (Lipinski definition) is 5. The molecule has 1 heterocycles. The van der Waals surface area contributed by atoms with Crippen LogP contribution in [0.5, 0.6) is 0 Å². The predicted octanol–water partition coefficient (Wildman–Crippen LogP) is 1.74. The zero-order valence-electron chi connectivity index (χ0n) is 9.82. The van der Waals surface area contributed by atoms with E-state index in [0.29, 0.717) is 4.60 Å². The number of anilines is 1. The number of aromatic nitrogens is 2. The van der Waals surface area contributed by atoms with Crippen molar-refractivity contribution >= 4 is 37.7 Å². The lowest BCUT2D eigenvalue weighted by atomic mass is 10.2. The van der Waals surface area contributed by atoms with E-state index < -0.39 is 16.0 Å². The van der Waals surface area contributed by atoms with E-state index in [4.69, 9.17) is 5.11 Å². The summed E-state index contributed by atoms with van der Waals surface area (Å²) in [6.07, 6.45) is 2.61. The van der Waals surface area contributed by atoms with Crippen LogP contribution in [0.15, 0.2) is 46.2 Å². The first-order chi connectivity index (χ1) is 9.38. The summed E-state index contributed by atoms with van der Waals surface area (Å²) in [6.45, 7) is 0. The van der Waals surface area contributed by atoms with Crippen LogP contribution in [0.3, 0.4) is 0 Å². The van der Waals surface area contributed by atoms with Gasteiger partial charge in [0.1, 0.15) is 4.60 Å². The van der Waals surface area contributed by atoms with Gasteiger partial charge in [-0.05, 0) is 40.2 Å². The van der Waals surface area contributed by atoms with Gasteiger partial charge in [-0.25, -0.2) is 23.2 Å². The Morgan fingerprint density at radius 1 is 1.15 bits per heavy atom. The molecule has 0 bridgehead atoms. The van der Waals surface area contributed by atoms with E-state index in [1.165, 1.54) is 36.7 Å². The Bertz CT molecular complexity index is 729. The Kier molecular flexibility index (Phi) is 4.00. The van der Waals surface area contributed by atoms with Crippen molar-refractivity contribution in [2.45, 2.75) is 4.90 Å². The minimum Gasteiger partial charge on any atom is -0.478 e. The topological polar surface area (TPSA) is 109 Å². The van der Waals surface area contributed by atoms with E-state index in [1.54, 1.807) is 0 Å². The van der Waals surface area contributed by atoms with Crippen LogP contribution in [0.4, 0.5) is 5.82 Å². The molecule has 2 aromatic rings. The fraction of sp³-hybridized carbons (Fsp3) is 0. The Labute approximate surface area is 122 Å². The second-order valence-electron chi connectivity index (χ2n) is 3.66. The molecule has 0 aliphatic rings. The fourth-order valence-corrected chi connectivity index (χ4v) is 2.54. The SMILES string of the molecule is O=C(O)c1ccc(S(=O)(=O)Nc2cnc(Br)cn2)cc1. The highest BCUT2D eigenvalue weighted by Crippen LogP contribution is 2.15. The number of sulfonamides is 1. The molecule has 2 rings (SSSR count). The van der Waals surface area contributed by atoms with Crippen molar-refractivity contribution in [3.63, 3.8) is 0 Å². The molecule has 104 valence electrons. The largest absolute Gasteiger partial charge is 0.478 e. The van der Waals surface area contributed by atoms with Crippen LogP contribution in [0.2, 0.25) is 0 Å². The third kappa shape index (κ3) is 3.31. The minimum absolute atomic E-state index is 0.00684. The molecule has 0 saturated heterocycles. The highest BCUT2D eigenvalue weighted by molar-refractivity contribution is 9.10. The minimum atomic E-state index is -3.83. The quantitative estimate of drug-likeness (QED) is 0.862. The molecule has 7 nitrogen and oxygen atoms in total. The number of carboxylic acids is 1. The maximum Gasteiger partial charge on any atom is 0.335 e. The summed E-state index contributed by atoms with van der Waals surface area (Å²) in [4.78, 5) is 18.3.